The maximum atomic E-state index is 11.7. The number of carbonyl (C=O) groups is 1. The summed E-state index contributed by atoms with van der Waals surface area (Å²) in [5.41, 5.74) is 4.59. The highest BCUT2D eigenvalue weighted by atomic mass is 16.2. The third kappa shape index (κ3) is 1.53. The molecule has 0 atom stereocenters. The van der Waals surface area contributed by atoms with Crippen molar-refractivity contribution in [3.8, 4) is 11.5 Å². The first-order chi connectivity index (χ1) is 9.72. The van der Waals surface area contributed by atoms with Crippen LogP contribution in [-0.2, 0) is 11.2 Å². The van der Waals surface area contributed by atoms with Crippen LogP contribution in [0.3, 0.4) is 0 Å². The number of pyridine rings is 1. The van der Waals surface area contributed by atoms with E-state index >= 15 is 0 Å². The molecule has 0 bridgehead atoms. The van der Waals surface area contributed by atoms with Gasteiger partial charge in [-0.2, -0.15) is 0 Å². The Morgan fingerprint density at radius 3 is 3.00 bits per heavy atom. The summed E-state index contributed by atoms with van der Waals surface area (Å²) in [6, 6.07) is 9.69. The van der Waals surface area contributed by atoms with E-state index in [2.05, 4.69) is 15.0 Å². The van der Waals surface area contributed by atoms with Gasteiger partial charge in [-0.3, -0.25) is 9.78 Å². The molecule has 0 unspecified atom stereocenters. The lowest BCUT2D eigenvalue weighted by molar-refractivity contribution is -0.117. The summed E-state index contributed by atoms with van der Waals surface area (Å²) in [5, 5.41) is 0. The average Bonchev–Trinajstić information content (AvgIpc) is 3.00. The third-order valence-electron chi connectivity index (χ3n) is 3.67. The largest absolute Gasteiger partial charge is 0.337 e. The summed E-state index contributed by atoms with van der Waals surface area (Å²) < 4.78 is 0. The number of carbonyl (C=O) groups excluding carboxylic acids is 1. The van der Waals surface area contributed by atoms with Crippen molar-refractivity contribution < 1.29 is 4.79 Å². The van der Waals surface area contributed by atoms with Crippen molar-refractivity contribution in [2.45, 2.75) is 6.42 Å². The summed E-state index contributed by atoms with van der Waals surface area (Å²) in [6.45, 7) is 0. The fraction of sp³-hybridized carbons (Fsp3) is 0.133. The number of nitrogens with zero attached hydrogens (tertiary/aromatic N) is 3. The van der Waals surface area contributed by atoms with Crippen LogP contribution >= 0.6 is 0 Å². The SMILES string of the molecule is CN1C(=O)Cc2cc3[nH]c(-c4ccccn4)nc3cc21. The molecule has 0 aliphatic carbocycles. The predicted molar refractivity (Wildman–Crippen MR) is 76.4 cm³/mol. The summed E-state index contributed by atoms with van der Waals surface area (Å²) >= 11 is 0. The number of hydrogen-bond acceptors (Lipinski definition) is 3. The van der Waals surface area contributed by atoms with Gasteiger partial charge in [-0.25, -0.2) is 4.98 Å². The van der Waals surface area contributed by atoms with Crippen molar-refractivity contribution in [1.29, 1.82) is 0 Å². The van der Waals surface area contributed by atoms with Gasteiger partial charge in [0.15, 0.2) is 5.82 Å². The molecule has 1 aliphatic rings. The second-order valence-corrected chi connectivity index (χ2v) is 4.93. The van der Waals surface area contributed by atoms with Gasteiger partial charge in [-0.05, 0) is 29.8 Å². The molecule has 0 fully saturated rings. The lowest BCUT2D eigenvalue weighted by Crippen LogP contribution is -2.20. The van der Waals surface area contributed by atoms with Gasteiger partial charge in [0.1, 0.15) is 5.69 Å². The molecule has 5 heteroatoms. The van der Waals surface area contributed by atoms with Crippen molar-refractivity contribution in [1.82, 2.24) is 15.0 Å². The molecule has 0 saturated carbocycles. The van der Waals surface area contributed by atoms with E-state index in [1.807, 2.05) is 30.3 Å². The number of hydrogen-bond donors (Lipinski definition) is 1. The Bertz CT molecular complexity index is 823. The molecular formula is C15H12N4O. The summed E-state index contributed by atoms with van der Waals surface area (Å²) in [4.78, 5) is 25.5. The summed E-state index contributed by atoms with van der Waals surface area (Å²) in [6.07, 6.45) is 2.20. The minimum atomic E-state index is 0.123. The molecule has 20 heavy (non-hydrogen) atoms. The van der Waals surface area contributed by atoms with Crippen LogP contribution in [0.15, 0.2) is 36.5 Å². The van der Waals surface area contributed by atoms with Gasteiger partial charge < -0.3 is 9.88 Å². The Balaban J connectivity index is 1.88. The molecule has 0 spiro atoms. The second kappa shape index (κ2) is 3.90. The highest BCUT2D eigenvalue weighted by molar-refractivity contribution is 6.03. The van der Waals surface area contributed by atoms with Gasteiger partial charge in [-0.15, -0.1) is 0 Å². The first kappa shape index (κ1) is 11.2. The Morgan fingerprint density at radius 2 is 2.20 bits per heavy atom. The molecule has 3 aromatic rings. The van der Waals surface area contributed by atoms with Crippen LogP contribution in [0, 0.1) is 0 Å². The molecule has 1 N–H and O–H groups in total. The van der Waals surface area contributed by atoms with E-state index in [4.69, 9.17) is 0 Å². The Morgan fingerprint density at radius 1 is 1.30 bits per heavy atom. The van der Waals surface area contributed by atoms with Crippen LogP contribution in [0.25, 0.3) is 22.6 Å². The molecule has 98 valence electrons. The standard InChI is InChI=1S/C15H12N4O/c1-19-13-8-12-11(6-9(13)7-14(19)20)17-15(18-12)10-4-2-3-5-16-10/h2-6,8H,7H2,1H3,(H,17,18). The molecule has 0 radical (unpaired) electrons. The van der Waals surface area contributed by atoms with Crippen molar-refractivity contribution in [3.05, 3.63) is 42.1 Å². The van der Waals surface area contributed by atoms with Gasteiger partial charge in [0.25, 0.3) is 0 Å². The van der Waals surface area contributed by atoms with E-state index < -0.39 is 0 Å². The molecule has 2 aromatic heterocycles. The van der Waals surface area contributed by atoms with Crippen LogP contribution < -0.4 is 4.90 Å². The number of aromatic nitrogens is 3. The third-order valence-corrected chi connectivity index (χ3v) is 3.67. The average molecular weight is 264 g/mol. The molecule has 1 aromatic carbocycles. The van der Waals surface area contributed by atoms with Crippen LogP contribution in [-0.4, -0.2) is 27.9 Å². The van der Waals surface area contributed by atoms with Crippen molar-refractivity contribution >= 4 is 22.6 Å². The van der Waals surface area contributed by atoms with Crippen LogP contribution in [0.5, 0.6) is 0 Å². The first-order valence-electron chi connectivity index (χ1n) is 6.43. The van der Waals surface area contributed by atoms with E-state index in [0.29, 0.717) is 6.42 Å². The minimum Gasteiger partial charge on any atom is -0.337 e. The first-order valence-corrected chi connectivity index (χ1v) is 6.43. The van der Waals surface area contributed by atoms with Crippen molar-refractivity contribution in [2.24, 2.45) is 0 Å². The Hall–Kier alpha value is -2.69. The maximum Gasteiger partial charge on any atom is 0.231 e. The zero-order valence-electron chi connectivity index (χ0n) is 10.9. The molecule has 5 nitrogen and oxygen atoms in total. The van der Waals surface area contributed by atoms with E-state index in [1.54, 1.807) is 18.1 Å². The highest BCUT2D eigenvalue weighted by Crippen LogP contribution is 2.32. The Labute approximate surface area is 115 Å². The number of benzene rings is 1. The zero-order chi connectivity index (χ0) is 13.7. The number of anilines is 1. The monoisotopic (exact) mass is 264 g/mol. The van der Waals surface area contributed by atoms with Gasteiger partial charge in [0.05, 0.1) is 17.5 Å². The molecule has 1 aliphatic heterocycles. The lowest BCUT2D eigenvalue weighted by atomic mass is 10.1. The number of nitrogens with one attached hydrogen (secondary N) is 1. The fourth-order valence-corrected chi connectivity index (χ4v) is 2.58. The molecule has 3 heterocycles. The molecule has 1 amide bonds. The maximum absolute atomic E-state index is 11.7. The summed E-state index contributed by atoms with van der Waals surface area (Å²) in [5.74, 6) is 0.871. The number of rotatable bonds is 1. The zero-order valence-corrected chi connectivity index (χ0v) is 10.9. The highest BCUT2D eigenvalue weighted by Gasteiger charge is 2.25. The molecule has 0 saturated heterocycles. The molecular weight excluding hydrogens is 252 g/mol. The number of amides is 1. The Kier molecular flexibility index (Phi) is 2.18. The van der Waals surface area contributed by atoms with Crippen LogP contribution in [0.2, 0.25) is 0 Å². The molecule has 4 rings (SSSR count). The van der Waals surface area contributed by atoms with Crippen LogP contribution in [0.4, 0.5) is 5.69 Å². The van der Waals surface area contributed by atoms with Gasteiger partial charge in [0.2, 0.25) is 5.91 Å². The number of fused-ring (bicyclic) bond motifs is 2. The number of likely N-dealkylation sites (N-methyl/N-ethyl adjacent to an activating group) is 1. The van der Waals surface area contributed by atoms with Crippen LogP contribution in [0.1, 0.15) is 5.56 Å². The van der Waals surface area contributed by atoms with E-state index in [-0.39, 0.29) is 5.91 Å². The predicted octanol–water partition coefficient (Wildman–Crippen LogP) is 2.14. The normalized spacial score (nSPS) is 14.1. The number of imidazole rings is 1. The fourth-order valence-electron chi connectivity index (χ4n) is 2.58. The minimum absolute atomic E-state index is 0.123. The quantitative estimate of drug-likeness (QED) is 0.732. The number of aromatic amines is 1. The van der Waals surface area contributed by atoms with Gasteiger partial charge >= 0.3 is 0 Å². The summed E-state index contributed by atoms with van der Waals surface area (Å²) in [7, 11) is 1.80. The number of H-pyrrole nitrogens is 1. The smallest absolute Gasteiger partial charge is 0.231 e. The van der Waals surface area contributed by atoms with Crippen molar-refractivity contribution in [2.75, 3.05) is 11.9 Å². The second-order valence-electron chi connectivity index (χ2n) is 4.93. The topological polar surface area (TPSA) is 61.9 Å². The van der Waals surface area contributed by atoms with Gasteiger partial charge in [0, 0.05) is 18.9 Å². The lowest BCUT2D eigenvalue weighted by Gasteiger charge is -2.08. The van der Waals surface area contributed by atoms with E-state index in [1.165, 1.54) is 0 Å². The van der Waals surface area contributed by atoms with E-state index in [9.17, 15) is 4.79 Å². The van der Waals surface area contributed by atoms with E-state index in [0.717, 1.165) is 33.8 Å². The van der Waals surface area contributed by atoms with Gasteiger partial charge in [-0.1, -0.05) is 6.07 Å². The van der Waals surface area contributed by atoms with Crippen molar-refractivity contribution in [3.63, 3.8) is 0 Å².